The number of nitrogens with zero attached hydrogens (tertiary/aromatic N) is 2. The smallest absolute Gasteiger partial charge is 0.132 e. The fourth-order valence-electron chi connectivity index (χ4n) is 2.90. The van der Waals surface area contributed by atoms with Gasteiger partial charge in [-0.15, -0.1) is 0 Å². The number of ether oxygens (including phenoxy) is 1. The molecule has 18 heavy (non-hydrogen) atoms. The topological polar surface area (TPSA) is 47.0 Å². The van der Waals surface area contributed by atoms with Gasteiger partial charge < -0.3 is 10.1 Å². The van der Waals surface area contributed by atoms with Crippen molar-refractivity contribution < 1.29 is 4.74 Å². The standard InChI is InChI=1S/C14H21N3O/c1-2-9-18-11(4-1)7-8-15-14-12-5-3-6-13(12)16-10-17-14/h10-11H,1-9H2,(H,15,16,17). The molecule has 1 aromatic rings. The molecule has 1 N–H and O–H groups in total. The number of fused-ring (bicyclic) bond motifs is 1. The number of aryl methyl sites for hydroxylation is 1. The predicted octanol–water partition coefficient (Wildman–Crippen LogP) is 2.34. The Kier molecular flexibility index (Phi) is 3.74. The minimum absolute atomic E-state index is 0.445. The number of nitrogens with one attached hydrogen (secondary N) is 1. The van der Waals surface area contributed by atoms with E-state index < -0.39 is 0 Å². The molecule has 0 spiro atoms. The highest BCUT2D eigenvalue weighted by Crippen LogP contribution is 2.25. The van der Waals surface area contributed by atoms with Gasteiger partial charge in [-0.25, -0.2) is 9.97 Å². The lowest BCUT2D eigenvalue weighted by molar-refractivity contribution is 0.0134. The van der Waals surface area contributed by atoms with Gasteiger partial charge in [-0.3, -0.25) is 0 Å². The Hall–Kier alpha value is -1.16. The van der Waals surface area contributed by atoms with E-state index in [2.05, 4.69) is 15.3 Å². The molecule has 0 saturated carbocycles. The van der Waals surface area contributed by atoms with Crippen molar-refractivity contribution in [3.8, 4) is 0 Å². The van der Waals surface area contributed by atoms with E-state index in [1.165, 1.54) is 36.9 Å². The zero-order valence-corrected chi connectivity index (χ0v) is 10.8. The lowest BCUT2D eigenvalue weighted by Crippen LogP contribution is -2.22. The normalized spacial score (nSPS) is 22.8. The largest absolute Gasteiger partial charge is 0.378 e. The van der Waals surface area contributed by atoms with E-state index in [1.54, 1.807) is 6.33 Å². The summed E-state index contributed by atoms with van der Waals surface area (Å²) < 4.78 is 5.74. The van der Waals surface area contributed by atoms with Crippen molar-refractivity contribution in [1.82, 2.24) is 9.97 Å². The molecule has 3 rings (SSSR count). The van der Waals surface area contributed by atoms with Gasteiger partial charge in [0.05, 0.1) is 6.10 Å². The van der Waals surface area contributed by atoms with Crippen LogP contribution in [0.2, 0.25) is 0 Å². The summed E-state index contributed by atoms with van der Waals surface area (Å²) >= 11 is 0. The first-order valence-corrected chi connectivity index (χ1v) is 7.12. The molecule has 1 fully saturated rings. The van der Waals surface area contributed by atoms with Crippen LogP contribution in [0.4, 0.5) is 5.82 Å². The van der Waals surface area contributed by atoms with Crippen LogP contribution < -0.4 is 5.32 Å². The van der Waals surface area contributed by atoms with Gasteiger partial charge in [0.2, 0.25) is 0 Å². The van der Waals surface area contributed by atoms with Crippen LogP contribution >= 0.6 is 0 Å². The fourth-order valence-corrected chi connectivity index (χ4v) is 2.90. The van der Waals surface area contributed by atoms with Crippen molar-refractivity contribution in [2.45, 2.75) is 51.0 Å². The van der Waals surface area contributed by atoms with Gasteiger partial charge in [0, 0.05) is 24.4 Å². The lowest BCUT2D eigenvalue weighted by Gasteiger charge is -2.22. The Balaban J connectivity index is 1.52. The van der Waals surface area contributed by atoms with Crippen LogP contribution in [0.3, 0.4) is 0 Å². The lowest BCUT2D eigenvalue weighted by atomic mass is 10.1. The average Bonchev–Trinajstić information content (AvgIpc) is 2.89. The van der Waals surface area contributed by atoms with Crippen LogP contribution in [-0.4, -0.2) is 29.2 Å². The molecular weight excluding hydrogens is 226 g/mol. The van der Waals surface area contributed by atoms with Crippen molar-refractivity contribution in [3.05, 3.63) is 17.6 Å². The third-order valence-electron chi connectivity index (χ3n) is 3.91. The molecule has 0 radical (unpaired) electrons. The molecule has 1 aromatic heterocycles. The van der Waals surface area contributed by atoms with Crippen LogP contribution in [0.15, 0.2) is 6.33 Å². The first-order valence-electron chi connectivity index (χ1n) is 7.12. The van der Waals surface area contributed by atoms with E-state index >= 15 is 0 Å². The summed E-state index contributed by atoms with van der Waals surface area (Å²) in [6.45, 7) is 1.89. The van der Waals surface area contributed by atoms with Crippen molar-refractivity contribution in [1.29, 1.82) is 0 Å². The van der Waals surface area contributed by atoms with E-state index in [9.17, 15) is 0 Å². The molecule has 1 saturated heterocycles. The molecule has 98 valence electrons. The van der Waals surface area contributed by atoms with Crippen molar-refractivity contribution in [2.75, 3.05) is 18.5 Å². The van der Waals surface area contributed by atoms with Gasteiger partial charge in [-0.05, 0) is 44.9 Å². The maximum absolute atomic E-state index is 5.74. The van der Waals surface area contributed by atoms with Crippen molar-refractivity contribution in [3.63, 3.8) is 0 Å². The maximum atomic E-state index is 5.74. The van der Waals surface area contributed by atoms with Crippen molar-refractivity contribution >= 4 is 5.82 Å². The molecule has 4 heteroatoms. The van der Waals surface area contributed by atoms with E-state index in [-0.39, 0.29) is 0 Å². The van der Waals surface area contributed by atoms with Crippen LogP contribution in [0.1, 0.15) is 43.4 Å². The van der Waals surface area contributed by atoms with Gasteiger partial charge >= 0.3 is 0 Å². The Morgan fingerprint density at radius 1 is 1.22 bits per heavy atom. The fraction of sp³-hybridized carbons (Fsp3) is 0.714. The van der Waals surface area contributed by atoms with Gasteiger partial charge in [0.25, 0.3) is 0 Å². The summed E-state index contributed by atoms with van der Waals surface area (Å²) in [5.41, 5.74) is 2.57. The highest BCUT2D eigenvalue weighted by molar-refractivity contribution is 5.47. The van der Waals surface area contributed by atoms with Crippen LogP contribution in [-0.2, 0) is 17.6 Å². The molecule has 2 aliphatic rings. The number of rotatable bonds is 4. The van der Waals surface area contributed by atoms with Gasteiger partial charge in [-0.2, -0.15) is 0 Å². The monoisotopic (exact) mass is 247 g/mol. The van der Waals surface area contributed by atoms with Gasteiger partial charge in [0.15, 0.2) is 0 Å². The molecule has 1 aliphatic carbocycles. The number of aromatic nitrogens is 2. The van der Waals surface area contributed by atoms with E-state index in [0.717, 1.165) is 38.2 Å². The van der Waals surface area contributed by atoms with Gasteiger partial charge in [-0.1, -0.05) is 0 Å². The molecule has 1 aliphatic heterocycles. The first-order chi connectivity index (χ1) is 8.93. The zero-order valence-electron chi connectivity index (χ0n) is 10.8. The zero-order chi connectivity index (χ0) is 12.2. The highest BCUT2D eigenvalue weighted by atomic mass is 16.5. The Labute approximate surface area is 108 Å². The molecule has 0 aromatic carbocycles. The first kappa shape index (κ1) is 11.9. The van der Waals surface area contributed by atoms with E-state index in [0.29, 0.717) is 6.10 Å². The number of anilines is 1. The molecule has 0 bridgehead atoms. The third-order valence-corrected chi connectivity index (χ3v) is 3.91. The Morgan fingerprint density at radius 2 is 2.22 bits per heavy atom. The summed E-state index contributed by atoms with van der Waals surface area (Å²) in [5.74, 6) is 1.05. The number of hydrogen-bond acceptors (Lipinski definition) is 4. The van der Waals surface area contributed by atoms with Gasteiger partial charge in [0.1, 0.15) is 12.1 Å². The molecule has 1 atom stereocenters. The summed E-state index contributed by atoms with van der Waals surface area (Å²) in [6.07, 6.45) is 10.4. The predicted molar refractivity (Wildman–Crippen MR) is 70.8 cm³/mol. The molecule has 2 heterocycles. The molecule has 4 nitrogen and oxygen atoms in total. The average molecular weight is 247 g/mol. The number of hydrogen-bond donors (Lipinski definition) is 1. The second kappa shape index (κ2) is 5.65. The minimum atomic E-state index is 0.445. The Morgan fingerprint density at radius 3 is 3.11 bits per heavy atom. The summed E-state index contributed by atoms with van der Waals surface area (Å²) in [5, 5.41) is 3.46. The quantitative estimate of drug-likeness (QED) is 0.887. The SMILES string of the molecule is c1nc2c(c(NCCC3CCCCO3)n1)CCC2. The second-order valence-electron chi connectivity index (χ2n) is 5.21. The third kappa shape index (κ3) is 2.64. The second-order valence-corrected chi connectivity index (χ2v) is 5.21. The van der Waals surface area contributed by atoms with Crippen LogP contribution in [0, 0.1) is 0 Å². The van der Waals surface area contributed by atoms with E-state index in [4.69, 9.17) is 4.74 Å². The molecular formula is C14H21N3O. The summed E-state index contributed by atoms with van der Waals surface area (Å²) in [4.78, 5) is 8.71. The van der Waals surface area contributed by atoms with E-state index in [1.807, 2.05) is 0 Å². The molecule has 1 unspecified atom stereocenters. The Bertz CT molecular complexity index is 402. The van der Waals surface area contributed by atoms with Crippen molar-refractivity contribution in [2.24, 2.45) is 0 Å². The summed E-state index contributed by atoms with van der Waals surface area (Å²) in [7, 11) is 0. The minimum Gasteiger partial charge on any atom is -0.378 e. The molecule has 0 amide bonds. The maximum Gasteiger partial charge on any atom is 0.132 e. The van der Waals surface area contributed by atoms with Crippen LogP contribution in [0.5, 0.6) is 0 Å². The summed E-state index contributed by atoms with van der Waals surface area (Å²) in [6, 6.07) is 0. The highest BCUT2D eigenvalue weighted by Gasteiger charge is 2.17. The van der Waals surface area contributed by atoms with Crippen LogP contribution in [0.25, 0.3) is 0 Å².